The number of aryl methyl sites for hydroxylation is 5. The van der Waals surface area contributed by atoms with Crippen LogP contribution in [0.25, 0.3) is 11.0 Å². The molecule has 0 aliphatic carbocycles. The molecular formula is C25H26N4O. The number of imidazole rings is 1. The summed E-state index contributed by atoms with van der Waals surface area (Å²) in [5.74, 6) is 1.08. The van der Waals surface area contributed by atoms with Gasteiger partial charge in [-0.3, -0.25) is 0 Å². The van der Waals surface area contributed by atoms with Crippen LogP contribution in [0.15, 0.2) is 66.7 Å². The van der Waals surface area contributed by atoms with Crippen LogP contribution in [-0.4, -0.2) is 15.6 Å². The molecule has 3 aromatic carbocycles. The minimum absolute atomic E-state index is 0.243. The van der Waals surface area contributed by atoms with Gasteiger partial charge >= 0.3 is 6.03 Å². The fourth-order valence-corrected chi connectivity index (χ4v) is 3.77. The molecule has 0 spiro atoms. The fourth-order valence-electron chi connectivity index (χ4n) is 3.77. The first-order chi connectivity index (χ1) is 14.5. The SMILES string of the molecule is Cc1cc(C)cc(NC(=O)Nc2ccc(CCc3nc4ccccc4n3C)cc2)c1. The van der Waals surface area contributed by atoms with E-state index < -0.39 is 0 Å². The van der Waals surface area contributed by atoms with Crippen molar-refractivity contribution in [1.82, 2.24) is 9.55 Å². The molecule has 2 amide bonds. The van der Waals surface area contributed by atoms with E-state index in [0.717, 1.165) is 52.2 Å². The first kappa shape index (κ1) is 19.7. The topological polar surface area (TPSA) is 59.0 Å². The third kappa shape index (κ3) is 4.51. The summed E-state index contributed by atoms with van der Waals surface area (Å²) in [6.07, 6.45) is 1.76. The molecule has 0 saturated carbocycles. The number of hydrogen-bond acceptors (Lipinski definition) is 2. The van der Waals surface area contributed by atoms with Crippen molar-refractivity contribution in [1.29, 1.82) is 0 Å². The maximum absolute atomic E-state index is 12.3. The Labute approximate surface area is 176 Å². The number of benzene rings is 3. The van der Waals surface area contributed by atoms with Crippen molar-refractivity contribution < 1.29 is 4.79 Å². The number of anilines is 2. The molecule has 5 heteroatoms. The van der Waals surface area contributed by atoms with Crippen molar-refractivity contribution in [3.05, 3.63) is 89.2 Å². The summed E-state index contributed by atoms with van der Waals surface area (Å²) < 4.78 is 2.16. The molecule has 0 atom stereocenters. The van der Waals surface area contributed by atoms with Gasteiger partial charge in [0, 0.05) is 24.8 Å². The molecular weight excluding hydrogens is 372 g/mol. The second kappa shape index (κ2) is 8.41. The van der Waals surface area contributed by atoms with Gasteiger partial charge in [-0.25, -0.2) is 9.78 Å². The highest BCUT2D eigenvalue weighted by atomic mass is 16.2. The number of fused-ring (bicyclic) bond motifs is 1. The molecule has 1 aromatic heterocycles. The zero-order valence-electron chi connectivity index (χ0n) is 17.6. The van der Waals surface area contributed by atoms with Crippen molar-refractivity contribution in [2.75, 3.05) is 10.6 Å². The van der Waals surface area contributed by atoms with Crippen LogP contribution in [0, 0.1) is 13.8 Å². The molecule has 5 nitrogen and oxygen atoms in total. The molecule has 30 heavy (non-hydrogen) atoms. The number of aromatic nitrogens is 2. The van der Waals surface area contributed by atoms with Gasteiger partial charge in [0.05, 0.1) is 11.0 Å². The average molecular weight is 399 g/mol. The second-order valence-corrected chi connectivity index (χ2v) is 7.73. The van der Waals surface area contributed by atoms with E-state index in [1.807, 2.05) is 56.3 Å². The summed E-state index contributed by atoms with van der Waals surface area (Å²) in [5, 5.41) is 5.78. The summed E-state index contributed by atoms with van der Waals surface area (Å²) in [6.45, 7) is 4.03. The van der Waals surface area contributed by atoms with Crippen molar-refractivity contribution >= 4 is 28.4 Å². The molecule has 0 saturated heterocycles. The molecule has 2 N–H and O–H groups in total. The molecule has 4 aromatic rings. The minimum Gasteiger partial charge on any atom is -0.331 e. The van der Waals surface area contributed by atoms with Gasteiger partial charge in [-0.2, -0.15) is 0 Å². The van der Waals surface area contributed by atoms with E-state index in [-0.39, 0.29) is 6.03 Å². The van der Waals surface area contributed by atoms with Crippen LogP contribution >= 0.6 is 0 Å². The lowest BCUT2D eigenvalue weighted by Crippen LogP contribution is -2.19. The van der Waals surface area contributed by atoms with E-state index in [9.17, 15) is 4.79 Å². The van der Waals surface area contributed by atoms with Gasteiger partial charge < -0.3 is 15.2 Å². The van der Waals surface area contributed by atoms with Gasteiger partial charge in [0.25, 0.3) is 0 Å². The lowest BCUT2D eigenvalue weighted by atomic mass is 10.1. The second-order valence-electron chi connectivity index (χ2n) is 7.73. The van der Waals surface area contributed by atoms with Crippen LogP contribution in [0.4, 0.5) is 16.2 Å². The molecule has 0 radical (unpaired) electrons. The third-order valence-electron chi connectivity index (χ3n) is 5.21. The molecule has 152 valence electrons. The van der Waals surface area contributed by atoms with E-state index >= 15 is 0 Å². The summed E-state index contributed by atoms with van der Waals surface area (Å²) in [7, 11) is 2.06. The number of para-hydroxylation sites is 2. The Morgan fingerprint density at radius 2 is 1.53 bits per heavy atom. The van der Waals surface area contributed by atoms with Crippen molar-refractivity contribution in [3.8, 4) is 0 Å². The van der Waals surface area contributed by atoms with Gasteiger partial charge in [0.2, 0.25) is 0 Å². The van der Waals surface area contributed by atoms with Gasteiger partial charge in [0.1, 0.15) is 5.82 Å². The van der Waals surface area contributed by atoms with E-state index in [2.05, 4.69) is 46.5 Å². The Balaban J connectivity index is 1.35. The molecule has 1 heterocycles. The number of rotatable bonds is 5. The van der Waals surface area contributed by atoms with Crippen molar-refractivity contribution in [2.24, 2.45) is 7.05 Å². The van der Waals surface area contributed by atoms with Crippen molar-refractivity contribution in [3.63, 3.8) is 0 Å². The Kier molecular flexibility index (Phi) is 5.53. The average Bonchev–Trinajstić information content (AvgIpc) is 3.02. The third-order valence-corrected chi connectivity index (χ3v) is 5.21. The molecule has 0 aliphatic rings. The zero-order valence-corrected chi connectivity index (χ0v) is 17.6. The number of amides is 2. The van der Waals surface area contributed by atoms with Crippen LogP contribution in [-0.2, 0) is 19.9 Å². The van der Waals surface area contributed by atoms with Crippen LogP contribution in [0.5, 0.6) is 0 Å². The van der Waals surface area contributed by atoms with E-state index in [1.165, 1.54) is 5.56 Å². The Bertz CT molecular complexity index is 1170. The summed E-state index contributed by atoms with van der Waals surface area (Å²) >= 11 is 0. The van der Waals surface area contributed by atoms with Crippen LogP contribution in [0.1, 0.15) is 22.5 Å². The van der Waals surface area contributed by atoms with Gasteiger partial charge in [-0.15, -0.1) is 0 Å². The van der Waals surface area contributed by atoms with Crippen LogP contribution in [0.2, 0.25) is 0 Å². The lowest BCUT2D eigenvalue weighted by Gasteiger charge is -2.10. The highest BCUT2D eigenvalue weighted by molar-refractivity contribution is 5.99. The predicted molar refractivity (Wildman–Crippen MR) is 123 cm³/mol. The largest absolute Gasteiger partial charge is 0.331 e. The fraction of sp³-hybridized carbons (Fsp3) is 0.200. The first-order valence-electron chi connectivity index (χ1n) is 10.1. The Hall–Kier alpha value is -3.60. The zero-order chi connectivity index (χ0) is 21.1. The van der Waals surface area contributed by atoms with Gasteiger partial charge in [-0.05, 0) is 73.4 Å². The number of carbonyl (C=O) groups excluding carboxylic acids is 1. The van der Waals surface area contributed by atoms with Crippen molar-refractivity contribution in [2.45, 2.75) is 26.7 Å². The normalized spacial score (nSPS) is 10.9. The Morgan fingerprint density at radius 1 is 0.867 bits per heavy atom. The molecule has 0 fully saturated rings. The van der Waals surface area contributed by atoms with Gasteiger partial charge in [-0.1, -0.05) is 30.3 Å². The summed E-state index contributed by atoms with van der Waals surface area (Å²) in [5.41, 5.74) is 7.20. The van der Waals surface area contributed by atoms with E-state index in [1.54, 1.807) is 0 Å². The van der Waals surface area contributed by atoms with Crippen LogP contribution < -0.4 is 10.6 Å². The highest BCUT2D eigenvalue weighted by Crippen LogP contribution is 2.18. The number of nitrogens with zero attached hydrogens (tertiary/aromatic N) is 2. The Morgan fingerprint density at radius 3 is 2.23 bits per heavy atom. The standard InChI is InChI=1S/C25H26N4O/c1-17-14-18(2)16-21(15-17)27-25(30)26-20-11-8-19(9-12-20)10-13-24-28-22-6-4-5-7-23(22)29(24)3/h4-9,11-12,14-16H,10,13H2,1-3H3,(H2,26,27,30). The van der Waals surface area contributed by atoms with E-state index in [4.69, 9.17) is 4.98 Å². The van der Waals surface area contributed by atoms with E-state index in [0.29, 0.717) is 0 Å². The maximum atomic E-state index is 12.3. The predicted octanol–water partition coefficient (Wildman–Crippen LogP) is 5.62. The molecule has 0 unspecified atom stereocenters. The molecule has 4 rings (SSSR count). The monoisotopic (exact) mass is 398 g/mol. The number of hydrogen-bond donors (Lipinski definition) is 2. The molecule has 0 bridgehead atoms. The smallest absolute Gasteiger partial charge is 0.323 e. The maximum Gasteiger partial charge on any atom is 0.323 e. The lowest BCUT2D eigenvalue weighted by molar-refractivity contribution is 0.262. The summed E-state index contributed by atoms with van der Waals surface area (Å²) in [6, 6.07) is 21.9. The quantitative estimate of drug-likeness (QED) is 0.458. The molecule has 0 aliphatic heterocycles. The minimum atomic E-state index is -0.243. The number of nitrogens with one attached hydrogen (secondary N) is 2. The van der Waals surface area contributed by atoms with Crippen LogP contribution in [0.3, 0.4) is 0 Å². The van der Waals surface area contributed by atoms with Gasteiger partial charge in [0.15, 0.2) is 0 Å². The highest BCUT2D eigenvalue weighted by Gasteiger charge is 2.08. The number of urea groups is 1. The number of carbonyl (C=O) groups is 1. The first-order valence-corrected chi connectivity index (χ1v) is 10.1. The summed E-state index contributed by atoms with van der Waals surface area (Å²) in [4.78, 5) is 17.0.